The molecule has 0 aliphatic carbocycles. The van der Waals surface area contributed by atoms with Gasteiger partial charge in [-0.2, -0.15) is 0 Å². The Hall–Kier alpha value is -1.39. The van der Waals surface area contributed by atoms with Gasteiger partial charge >= 0.3 is 5.97 Å². The van der Waals surface area contributed by atoms with Crippen LogP contribution in [-0.4, -0.2) is 20.9 Å². The zero-order valence-electron chi connectivity index (χ0n) is 16.7. The van der Waals surface area contributed by atoms with E-state index in [-0.39, 0.29) is 11.0 Å². The lowest BCUT2D eigenvalue weighted by molar-refractivity contribution is -0.131. The first-order valence-electron chi connectivity index (χ1n) is 8.46. The summed E-state index contributed by atoms with van der Waals surface area (Å²) in [5, 5.41) is 0.195. The first-order chi connectivity index (χ1) is 10.9. The average molecular weight is 349 g/mol. The molecule has 1 aromatic rings. The van der Waals surface area contributed by atoms with Crippen LogP contribution in [0, 0.1) is 20.8 Å². The van der Waals surface area contributed by atoms with Gasteiger partial charge in [-0.05, 0) is 61.7 Å². The van der Waals surface area contributed by atoms with Crippen LogP contribution >= 0.6 is 0 Å². The van der Waals surface area contributed by atoms with E-state index < -0.39 is 8.32 Å². The number of rotatable bonds is 5. The third kappa shape index (κ3) is 5.05. The third-order valence-electron chi connectivity index (χ3n) is 5.06. The van der Waals surface area contributed by atoms with Gasteiger partial charge in [-0.25, -0.2) is 0 Å². The van der Waals surface area contributed by atoms with Crippen molar-refractivity contribution in [1.82, 2.24) is 0 Å². The molecule has 0 aromatic heterocycles. The molecule has 0 saturated carbocycles. The summed E-state index contributed by atoms with van der Waals surface area (Å²) in [6.45, 7) is 19.4. The second-order valence-corrected chi connectivity index (χ2v) is 12.7. The molecule has 0 heterocycles. The highest BCUT2D eigenvalue weighted by atomic mass is 28.4. The molecule has 0 radical (unpaired) electrons. The van der Waals surface area contributed by atoms with Gasteiger partial charge in [-0.15, -0.1) is 0 Å². The van der Waals surface area contributed by atoms with E-state index in [1.807, 2.05) is 25.1 Å². The zero-order chi connectivity index (χ0) is 18.7. The monoisotopic (exact) mass is 348 g/mol. The fourth-order valence-electron chi connectivity index (χ4n) is 2.15. The summed E-state index contributed by atoms with van der Waals surface area (Å²) in [4.78, 5) is 11.4. The van der Waals surface area contributed by atoms with Crippen LogP contribution < -0.4 is 4.74 Å². The van der Waals surface area contributed by atoms with E-state index in [4.69, 9.17) is 9.16 Å². The predicted molar refractivity (Wildman–Crippen MR) is 104 cm³/mol. The minimum Gasteiger partial charge on any atom is -0.426 e. The van der Waals surface area contributed by atoms with Crippen LogP contribution in [0.3, 0.4) is 0 Å². The number of carbonyl (C=O) groups is 1. The van der Waals surface area contributed by atoms with Crippen LogP contribution in [-0.2, 0) is 9.22 Å². The minimum absolute atomic E-state index is 0.195. The largest absolute Gasteiger partial charge is 0.426 e. The Morgan fingerprint density at radius 3 is 2.25 bits per heavy atom. The molecule has 0 saturated heterocycles. The van der Waals surface area contributed by atoms with E-state index in [0.29, 0.717) is 12.4 Å². The molecular weight excluding hydrogens is 316 g/mol. The lowest BCUT2D eigenvalue weighted by Gasteiger charge is -2.35. The Balaban J connectivity index is 3.02. The van der Waals surface area contributed by atoms with E-state index in [0.717, 1.165) is 16.7 Å². The summed E-state index contributed by atoms with van der Waals surface area (Å²) in [5.74, 6) is 0.316. The maximum atomic E-state index is 11.4. The Morgan fingerprint density at radius 2 is 1.75 bits per heavy atom. The molecule has 0 spiro atoms. The number of carbonyl (C=O) groups excluding carboxylic acids is 1. The second-order valence-electron chi connectivity index (χ2n) is 7.92. The van der Waals surface area contributed by atoms with Crippen molar-refractivity contribution in [3.63, 3.8) is 0 Å². The molecular formula is C20H32O3Si. The maximum Gasteiger partial charge on any atom is 0.308 e. The van der Waals surface area contributed by atoms with Crippen molar-refractivity contribution < 1.29 is 14.0 Å². The fraction of sp³-hybridized carbons (Fsp3) is 0.550. The smallest absolute Gasteiger partial charge is 0.308 e. The number of hydrogen-bond donors (Lipinski definition) is 0. The van der Waals surface area contributed by atoms with Gasteiger partial charge in [-0.3, -0.25) is 4.79 Å². The highest BCUT2D eigenvalue weighted by Gasteiger charge is 2.36. The summed E-state index contributed by atoms with van der Waals surface area (Å²) in [6, 6.07) is 1.93. The zero-order valence-corrected chi connectivity index (χ0v) is 17.7. The SMILES string of the molecule is CC(=O)Oc1cc(C)c(C)c(C)c1/C=C\CO[Si](C)(C)C(C)(C)C. The molecule has 0 aliphatic heterocycles. The van der Waals surface area contributed by atoms with Crippen molar-refractivity contribution in [1.29, 1.82) is 0 Å². The Labute approximate surface area is 148 Å². The number of benzene rings is 1. The van der Waals surface area contributed by atoms with Crippen LogP contribution in [0.4, 0.5) is 0 Å². The van der Waals surface area contributed by atoms with Gasteiger partial charge in [0, 0.05) is 12.5 Å². The molecule has 0 bridgehead atoms. The van der Waals surface area contributed by atoms with E-state index in [2.05, 4.69) is 47.7 Å². The van der Waals surface area contributed by atoms with E-state index >= 15 is 0 Å². The quantitative estimate of drug-likeness (QED) is 0.396. The number of esters is 1. The third-order valence-corrected chi connectivity index (χ3v) is 9.56. The summed E-state index contributed by atoms with van der Waals surface area (Å²) < 4.78 is 11.6. The molecule has 24 heavy (non-hydrogen) atoms. The molecule has 134 valence electrons. The van der Waals surface area contributed by atoms with E-state index in [1.54, 1.807) is 0 Å². The molecule has 0 aliphatic rings. The van der Waals surface area contributed by atoms with Gasteiger partial charge in [0.1, 0.15) is 5.75 Å². The standard InChI is InChI=1S/C20H32O3Si/c1-14-13-19(23-17(4)21)18(16(3)15(14)2)11-10-12-22-24(8,9)20(5,6)7/h10-11,13H,12H2,1-9H3/b11-10-. The predicted octanol–water partition coefficient (Wildman–Crippen LogP) is 5.57. The van der Waals surface area contributed by atoms with Gasteiger partial charge < -0.3 is 9.16 Å². The molecule has 4 heteroatoms. The molecule has 0 unspecified atom stereocenters. The Kier molecular flexibility index (Phi) is 6.59. The Bertz CT molecular complexity index is 637. The number of hydrogen-bond acceptors (Lipinski definition) is 3. The van der Waals surface area contributed by atoms with Crippen LogP contribution in [0.2, 0.25) is 18.1 Å². The van der Waals surface area contributed by atoms with Crippen molar-refractivity contribution in [2.75, 3.05) is 6.61 Å². The first kappa shape index (κ1) is 20.7. The topological polar surface area (TPSA) is 35.5 Å². The summed E-state index contributed by atoms with van der Waals surface area (Å²) in [7, 11) is -1.75. The van der Waals surface area contributed by atoms with E-state index in [1.165, 1.54) is 12.5 Å². The Morgan fingerprint density at radius 1 is 1.17 bits per heavy atom. The molecule has 0 amide bonds. The van der Waals surface area contributed by atoms with Crippen LogP contribution in [0.25, 0.3) is 6.08 Å². The number of ether oxygens (including phenoxy) is 1. The van der Waals surface area contributed by atoms with Gasteiger partial charge in [0.2, 0.25) is 0 Å². The van der Waals surface area contributed by atoms with Gasteiger partial charge in [0.25, 0.3) is 0 Å². The van der Waals surface area contributed by atoms with Crippen molar-refractivity contribution in [3.05, 3.63) is 34.4 Å². The van der Waals surface area contributed by atoms with Crippen molar-refractivity contribution in [2.45, 2.75) is 66.6 Å². The maximum absolute atomic E-state index is 11.4. The highest BCUT2D eigenvalue weighted by Crippen LogP contribution is 2.36. The van der Waals surface area contributed by atoms with Gasteiger partial charge in [-0.1, -0.05) is 32.9 Å². The average Bonchev–Trinajstić information content (AvgIpc) is 2.42. The molecule has 0 atom stereocenters. The molecule has 1 rings (SSSR count). The van der Waals surface area contributed by atoms with Gasteiger partial charge in [0.15, 0.2) is 8.32 Å². The summed E-state index contributed by atoms with van der Waals surface area (Å²) in [6.07, 6.45) is 4.03. The minimum atomic E-state index is -1.75. The fourth-order valence-corrected chi connectivity index (χ4v) is 3.10. The van der Waals surface area contributed by atoms with Crippen LogP contribution in [0.1, 0.15) is 49.9 Å². The second kappa shape index (κ2) is 7.66. The lowest BCUT2D eigenvalue weighted by atomic mass is 9.97. The van der Waals surface area contributed by atoms with Crippen molar-refractivity contribution in [2.24, 2.45) is 0 Å². The normalized spacial score (nSPS) is 12.7. The molecule has 1 aromatic carbocycles. The van der Waals surface area contributed by atoms with Gasteiger partial charge in [0.05, 0.1) is 6.61 Å². The van der Waals surface area contributed by atoms with Crippen LogP contribution in [0.15, 0.2) is 12.1 Å². The summed E-state index contributed by atoms with van der Waals surface area (Å²) >= 11 is 0. The first-order valence-corrected chi connectivity index (χ1v) is 11.4. The number of aryl methyl sites for hydroxylation is 1. The van der Waals surface area contributed by atoms with E-state index in [9.17, 15) is 4.79 Å². The lowest BCUT2D eigenvalue weighted by Crippen LogP contribution is -2.40. The molecule has 3 nitrogen and oxygen atoms in total. The van der Waals surface area contributed by atoms with Crippen LogP contribution in [0.5, 0.6) is 5.75 Å². The van der Waals surface area contributed by atoms with Crippen molar-refractivity contribution >= 4 is 20.4 Å². The summed E-state index contributed by atoms with van der Waals surface area (Å²) in [5.41, 5.74) is 4.43. The highest BCUT2D eigenvalue weighted by molar-refractivity contribution is 6.74. The van der Waals surface area contributed by atoms with Crippen molar-refractivity contribution in [3.8, 4) is 5.75 Å². The molecule has 0 fully saturated rings. The molecule has 0 N–H and O–H groups in total.